The van der Waals surface area contributed by atoms with Crippen molar-refractivity contribution in [3.05, 3.63) is 29.8 Å². The van der Waals surface area contributed by atoms with Gasteiger partial charge >= 0.3 is 0 Å². The summed E-state index contributed by atoms with van der Waals surface area (Å²) < 4.78 is 0. The molecule has 0 atom stereocenters. The second-order valence-electron chi connectivity index (χ2n) is 4.21. The number of benzene rings is 1. The van der Waals surface area contributed by atoms with Crippen LogP contribution >= 0.6 is 0 Å². The Hall–Kier alpha value is -1.02. The molecule has 1 N–H and O–H groups in total. The number of nitrogens with one attached hydrogen (secondary N) is 1. The molecule has 0 amide bonds. The molecular formula is C13H20N2. The quantitative estimate of drug-likeness (QED) is 0.811. The van der Waals surface area contributed by atoms with Crippen molar-refractivity contribution in [2.45, 2.75) is 26.3 Å². The number of rotatable bonds is 4. The van der Waals surface area contributed by atoms with Gasteiger partial charge in [-0.2, -0.15) is 0 Å². The zero-order valence-corrected chi connectivity index (χ0v) is 9.50. The van der Waals surface area contributed by atoms with Gasteiger partial charge in [0.05, 0.1) is 0 Å². The first kappa shape index (κ1) is 10.5. The Morgan fingerprint density at radius 3 is 2.80 bits per heavy atom. The highest BCUT2D eigenvalue weighted by Crippen LogP contribution is 2.15. The maximum atomic E-state index is 3.35. The van der Waals surface area contributed by atoms with Crippen molar-refractivity contribution in [2.24, 2.45) is 0 Å². The number of hydrogen-bond acceptors (Lipinski definition) is 2. The van der Waals surface area contributed by atoms with Gasteiger partial charge < -0.3 is 5.32 Å². The van der Waals surface area contributed by atoms with Crippen LogP contribution in [-0.4, -0.2) is 24.5 Å². The molecule has 2 nitrogen and oxygen atoms in total. The van der Waals surface area contributed by atoms with E-state index >= 15 is 0 Å². The average molecular weight is 204 g/mol. The predicted octanol–water partition coefficient (Wildman–Crippen LogP) is 2.71. The van der Waals surface area contributed by atoms with E-state index in [9.17, 15) is 0 Å². The van der Waals surface area contributed by atoms with Gasteiger partial charge in [-0.3, -0.25) is 4.90 Å². The van der Waals surface area contributed by atoms with E-state index in [2.05, 4.69) is 41.4 Å². The minimum atomic E-state index is 0.993. The summed E-state index contributed by atoms with van der Waals surface area (Å²) in [5, 5.41) is 3.35. The number of hydrogen-bond donors (Lipinski definition) is 1. The lowest BCUT2D eigenvalue weighted by Crippen LogP contribution is -2.18. The third-order valence-electron chi connectivity index (χ3n) is 2.91. The molecule has 2 heteroatoms. The minimum Gasteiger partial charge on any atom is -0.385 e. The zero-order valence-electron chi connectivity index (χ0n) is 9.50. The molecule has 2 rings (SSSR count). The van der Waals surface area contributed by atoms with Gasteiger partial charge in [0.25, 0.3) is 0 Å². The monoisotopic (exact) mass is 204 g/mol. The topological polar surface area (TPSA) is 15.3 Å². The highest BCUT2D eigenvalue weighted by Gasteiger charge is 2.11. The zero-order chi connectivity index (χ0) is 10.5. The van der Waals surface area contributed by atoms with Crippen molar-refractivity contribution < 1.29 is 0 Å². The lowest BCUT2D eigenvalue weighted by molar-refractivity contribution is 0.331. The Morgan fingerprint density at radius 2 is 2.07 bits per heavy atom. The van der Waals surface area contributed by atoms with Crippen LogP contribution in [0.25, 0.3) is 0 Å². The molecule has 1 aliphatic heterocycles. The SMILES string of the molecule is CCNc1cccc(CN2CCCC2)c1. The summed E-state index contributed by atoms with van der Waals surface area (Å²) in [6, 6.07) is 8.77. The summed E-state index contributed by atoms with van der Waals surface area (Å²) in [6.07, 6.45) is 2.74. The van der Waals surface area contributed by atoms with Crippen molar-refractivity contribution in [1.29, 1.82) is 0 Å². The molecule has 0 aromatic heterocycles. The smallest absolute Gasteiger partial charge is 0.0343 e. The first-order chi connectivity index (χ1) is 7.38. The summed E-state index contributed by atoms with van der Waals surface area (Å²) in [6.45, 7) is 6.77. The summed E-state index contributed by atoms with van der Waals surface area (Å²) >= 11 is 0. The van der Waals surface area contributed by atoms with Crippen LogP contribution in [0.4, 0.5) is 5.69 Å². The van der Waals surface area contributed by atoms with Gasteiger partial charge in [-0.25, -0.2) is 0 Å². The van der Waals surface area contributed by atoms with E-state index in [1.165, 1.54) is 37.2 Å². The van der Waals surface area contributed by atoms with Crippen LogP contribution in [0.15, 0.2) is 24.3 Å². The molecule has 0 spiro atoms. The normalized spacial score (nSPS) is 16.9. The molecule has 0 radical (unpaired) electrons. The van der Waals surface area contributed by atoms with E-state index in [0.29, 0.717) is 0 Å². The average Bonchev–Trinajstić information content (AvgIpc) is 2.71. The third-order valence-corrected chi connectivity index (χ3v) is 2.91. The Labute approximate surface area is 92.3 Å². The molecular weight excluding hydrogens is 184 g/mol. The Morgan fingerprint density at radius 1 is 1.27 bits per heavy atom. The molecule has 0 bridgehead atoms. The molecule has 82 valence electrons. The Kier molecular flexibility index (Phi) is 3.62. The van der Waals surface area contributed by atoms with E-state index < -0.39 is 0 Å². The van der Waals surface area contributed by atoms with Gasteiger partial charge in [-0.1, -0.05) is 12.1 Å². The molecule has 0 unspecified atom stereocenters. The second kappa shape index (κ2) is 5.17. The van der Waals surface area contributed by atoms with Gasteiger partial charge in [0, 0.05) is 18.8 Å². The van der Waals surface area contributed by atoms with Crippen LogP contribution in [0, 0.1) is 0 Å². The summed E-state index contributed by atoms with van der Waals surface area (Å²) in [4.78, 5) is 2.53. The van der Waals surface area contributed by atoms with E-state index in [-0.39, 0.29) is 0 Å². The third kappa shape index (κ3) is 2.96. The lowest BCUT2D eigenvalue weighted by atomic mass is 10.2. The van der Waals surface area contributed by atoms with Crippen LogP contribution in [0.5, 0.6) is 0 Å². The number of anilines is 1. The fourth-order valence-electron chi connectivity index (χ4n) is 2.18. The summed E-state index contributed by atoms with van der Waals surface area (Å²) in [5.74, 6) is 0. The molecule has 0 aliphatic carbocycles. The van der Waals surface area contributed by atoms with Crippen molar-refractivity contribution in [1.82, 2.24) is 4.90 Å². The van der Waals surface area contributed by atoms with Crippen LogP contribution in [0.3, 0.4) is 0 Å². The van der Waals surface area contributed by atoms with Crippen molar-refractivity contribution in [2.75, 3.05) is 25.0 Å². The number of likely N-dealkylation sites (tertiary alicyclic amines) is 1. The molecule has 1 aliphatic rings. The predicted molar refractivity (Wildman–Crippen MR) is 65.1 cm³/mol. The lowest BCUT2D eigenvalue weighted by Gasteiger charge is -2.15. The number of nitrogens with zero attached hydrogens (tertiary/aromatic N) is 1. The first-order valence-corrected chi connectivity index (χ1v) is 5.93. The maximum absolute atomic E-state index is 3.35. The molecule has 1 saturated heterocycles. The summed E-state index contributed by atoms with van der Waals surface area (Å²) in [7, 11) is 0. The van der Waals surface area contributed by atoms with Crippen LogP contribution in [0.2, 0.25) is 0 Å². The molecule has 1 fully saturated rings. The van der Waals surface area contributed by atoms with Crippen LogP contribution in [-0.2, 0) is 6.54 Å². The van der Waals surface area contributed by atoms with Crippen molar-refractivity contribution in [3.63, 3.8) is 0 Å². The Balaban J connectivity index is 1.97. The van der Waals surface area contributed by atoms with Crippen molar-refractivity contribution >= 4 is 5.69 Å². The van der Waals surface area contributed by atoms with E-state index in [1.54, 1.807) is 0 Å². The van der Waals surface area contributed by atoms with Gasteiger partial charge in [-0.15, -0.1) is 0 Å². The fraction of sp³-hybridized carbons (Fsp3) is 0.538. The minimum absolute atomic E-state index is 0.993. The molecule has 0 saturated carbocycles. The largest absolute Gasteiger partial charge is 0.385 e. The fourth-order valence-corrected chi connectivity index (χ4v) is 2.18. The highest BCUT2D eigenvalue weighted by molar-refractivity contribution is 5.45. The van der Waals surface area contributed by atoms with Crippen molar-refractivity contribution in [3.8, 4) is 0 Å². The first-order valence-electron chi connectivity index (χ1n) is 5.93. The summed E-state index contributed by atoms with van der Waals surface area (Å²) in [5.41, 5.74) is 2.67. The van der Waals surface area contributed by atoms with E-state index in [0.717, 1.165) is 13.1 Å². The van der Waals surface area contributed by atoms with Crippen LogP contribution < -0.4 is 5.32 Å². The van der Waals surface area contributed by atoms with E-state index in [4.69, 9.17) is 0 Å². The standard InChI is InChI=1S/C13H20N2/c1-2-14-13-7-5-6-12(10-13)11-15-8-3-4-9-15/h5-7,10,14H,2-4,8-9,11H2,1H3. The highest BCUT2D eigenvalue weighted by atomic mass is 15.1. The van der Waals surface area contributed by atoms with Gasteiger partial charge in [0.1, 0.15) is 0 Å². The molecule has 1 aromatic carbocycles. The molecule has 15 heavy (non-hydrogen) atoms. The van der Waals surface area contributed by atoms with Gasteiger partial charge in [0.15, 0.2) is 0 Å². The van der Waals surface area contributed by atoms with Gasteiger partial charge in [0.2, 0.25) is 0 Å². The van der Waals surface area contributed by atoms with E-state index in [1.807, 2.05) is 0 Å². The Bertz CT molecular complexity index is 303. The second-order valence-corrected chi connectivity index (χ2v) is 4.21. The molecule has 1 heterocycles. The van der Waals surface area contributed by atoms with Crippen LogP contribution in [0.1, 0.15) is 25.3 Å². The van der Waals surface area contributed by atoms with Gasteiger partial charge in [-0.05, 0) is 50.6 Å². The molecule has 1 aromatic rings. The maximum Gasteiger partial charge on any atom is 0.0343 e.